The van der Waals surface area contributed by atoms with Crippen LogP contribution in [-0.4, -0.2) is 35.2 Å². The molecule has 1 aromatic carbocycles. The Balaban J connectivity index is 1.56. The third-order valence-corrected chi connectivity index (χ3v) is 4.59. The van der Waals surface area contributed by atoms with Crippen LogP contribution in [0.4, 0.5) is 5.88 Å². The number of nitrogen functional groups attached to an aromatic ring is 1. The third kappa shape index (κ3) is 3.37. The normalized spacial score (nSPS) is 16.8. The Morgan fingerprint density at radius 3 is 2.58 bits per heavy atom. The van der Waals surface area contributed by atoms with Gasteiger partial charge in [-0.25, -0.2) is 0 Å². The zero-order chi connectivity index (χ0) is 17.1. The van der Waals surface area contributed by atoms with E-state index in [0.29, 0.717) is 30.6 Å². The number of hydrogen-bond acceptors (Lipinski definition) is 5. The van der Waals surface area contributed by atoms with Crippen molar-refractivity contribution in [3.05, 3.63) is 41.6 Å². The van der Waals surface area contributed by atoms with Crippen molar-refractivity contribution in [2.24, 2.45) is 0 Å². The lowest BCUT2D eigenvalue weighted by Crippen LogP contribution is -2.44. The molecule has 1 aromatic heterocycles. The molecule has 0 spiro atoms. The number of piperidine rings is 1. The fraction of sp³-hybridized carbons (Fsp3) is 0.444. The first-order chi connectivity index (χ1) is 11.6. The van der Waals surface area contributed by atoms with Crippen LogP contribution in [0.15, 0.2) is 34.9 Å². The fourth-order valence-corrected chi connectivity index (χ4v) is 3.13. The summed E-state index contributed by atoms with van der Waals surface area (Å²) in [5.74, 6) is 1.41. The zero-order valence-electron chi connectivity index (χ0n) is 14.1. The van der Waals surface area contributed by atoms with Gasteiger partial charge in [0.25, 0.3) is 5.91 Å². The Labute approximate surface area is 141 Å². The molecular formula is C18H23N3O3. The molecule has 6 nitrogen and oxygen atoms in total. The van der Waals surface area contributed by atoms with E-state index in [1.807, 2.05) is 42.2 Å². The first kappa shape index (κ1) is 16.4. The van der Waals surface area contributed by atoms with Crippen LogP contribution in [0.1, 0.15) is 36.9 Å². The highest BCUT2D eigenvalue weighted by Crippen LogP contribution is 2.31. The molecule has 24 heavy (non-hydrogen) atoms. The van der Waals surface area contributed by atoms with Crippen LogP contribution in [0.3, 0.4) is 0 Å². The molecule has 128 valence electrons. The van der Waals surface area contributed by atoms with E-state index in [2.05, 4.69) is 5.16 Å². The number of benzene rings is 1. The molecule has 2 heterocycles. The Hall–Kier alpha value is -2.50. The van der Waals surface area contributed by atoms with Crippen LogP contribution >= 0.6 is 0 Å². The number of likely N-dealkylation sites (tertiary alicyclic amines) is 1. The summed E-state index contributed by atoms with van der Waals surface area (Å²) in [7, 11) is 0. The van der Waals surface area contributed by atoms with Gasteiger partial charge in [-0.2, -0.15) is 0 Å². The Morgan fingerprint density at radius 1 is 1.33 bits per heavy atom. The first-order valence-electron chi connectivity index (χ1n) is 8.28. The SMILES string of the molecule is Cc1c(C2CCN(C(=O)[C@H](C)Oc3ccccc3)CC2)noc1N. The summed E-state index contributed by atoms with van der Waals surface area (Å²) in [6.07, 6.45) is 1.22. The second kappa shape index (κ2) is 6.95. The molecule has 0 radical (unpaired) electrons. The molecule has 0 unspecified atom stereocenters. The largest absolute Gasteiger partial charge is 0.481 e. The van der Waals surface area contributed by atoms with Crippen molar-refractivity contribution >= 4 is 11.8 Å². The monoisotopic (exact) mass is 329 g/mol. The number of nitrogens with zero attached hydrogens (tertiary/aromatic N) is 2. The smallest absolute Gasteiger partial charge is 0.263 e. The number of rotatable bonds is 4. The summed E-state index contributed by atoms with van der Waals surface area (Å²) in [4.78, 5) is 14.4. The molecule has 0 aliphatic carbocycles. The van der Waals surface area contributed by atoms with E-state index < -0.39 is 6.10 Å². The van der Waals surface area contributed by atoms with Gasteiger partial charge in [-0.3, -0.25) is 4.79 Å². The molecule has 1 fully saturated rings. The number of anilines is 1. The Bertz CT molecular complexity index is 691. The van der Waals surface area contributed by atoms with Crippen molar-refractivity contribution in [2.75, 3.05) is 18.8 Å². The number of carbonyl (C=O) groups excluding carboxylic acids is 1. The number of para-hydroxylation sites is 1. The zero-order valence-corrected chi connectivity index (χ0v) is 14.1. The lowest BCUT2D eigenvalue weighted by molar-refractivity contribution is -0.139. The molecule has 2 N–H and O–H groups in total. The van der Waals surface area contributed by atoms with Gasteiger partial charge in [0, 0.05) is 24.6 Å². The van der Waals surface area contributed by atoms with Gasteiger partial charge < -0.3 is 19.9 Å². The molecule has 3 rings (SSSR count). The predicted octanol–water partition coefficient (Wildman–Crippen LogP) is 2.74. The number of nitrogens with two attached hydrogens (primary N) is 1. The second-order valence-electron chi connectivity index (χ2n) is 6.23. The van der Waals surface area contributed by atoms with Crippen molar-refractivity contribution in [3.8, 4) is 5.75 Å². The van der Waals surface area contributed by atoms with Crippen molar-refractivity contribution in [3.63, 3.8) is 0 Å². The molecular weight excluding hydrogens is 306 g/mol. The highest BCUT2D eigenvalue weighted by atomic mass is 16.5. The van der Waals surface area contributed by atoms with Gasteiger partial charge in [-0.15, -0.1) is 0 Å². The molecule has 2 aromatic rings. The van der Waals surface area contributed by atoms with Crippen molar-refractivity contribution in [1.29, 1.82) is 0 Å². The highest BCUT2D eigenvalue weighted by Gasteiger charge is 2.30. The van der Waals surface area contributed by atoms with Crippen molar-refractivity contribution < 1.29 is 14.1 Å². The number of carbonyl (C=O) groups is 1. The van der Waals surface area contributed by atoms with Gasteiger partial charge in [0.05, 0.1) is 5.69 Å². The lowest BCUT2D eigenvalue weighted by Gasteiger charge is -2.33. The maximum Gasteiger partial charge on any atom is 0.263 e. The van der Waals surface area contributed by atoms with Gasteiger partial charge in [0.2, 0.25) is 5.88 Å². The summed E-state index contributed by atoms with van der Waals surface area (Å²) in [5.41, 5.74) is 7.57. The number of hydrogen-bond donors (Lipinski definition) is 1. The van der Waals surface area contributed by atoms with E-state index in [-0.39, 0.29) is 5.91 Å². The molecule has 0 bridgehead atoms. The van der Waals surface area contributed by atoms with Gasteiger partial charge in [0.15, 0.2) is 6.10 Å². The summed E-state index contributed by atoms with van der Waals surface area (Å²) in [6, 6.07) is 9.41. The van der Waals surface area contributed by atoms with E-state index in [0.717, 1.165) is 24.1 Å². The standard InChI is InChI=1S/C18H23N3O3/c1-12-16(20-24-17(12)19)14-8-10-21(11-9-14)18(22)13(2)23-15-6-4-3-5-7-15/h3-7,13-14H,8-11,19H2,1-2H3/t13-/m0/s1. The summed E-state index contributed by atoms with van der Waals surface area (Å²) in [5, 5.41) is 4.07. The summed E-state index contributed by atoms with van der Waals surface area (Å²) < 4.78 is 10.8. The summed E-state index contributed by atoms with van der Waals surface area (Å²) in [6.45, 7) is 5.11. The van der Waals surface area contributed by atoms with Crippen LogP contribution in [0.2, 0.25) is 0 Å². The van der Waals surface area contributed by atoms with E-state index >= 15 is 0 Å². The molecule has 1 aliphatic rings. The summed E-state index contributed by atoms with van der Waals surface area (Å²) >= 11 is 0. The topological polar surface area (TPSA) is 81.6 Å². The molecule has 0 saturated carbocycles. The van der Waals surface area contributed by atoms with Gasteiger partial charge in [0.1, 0.15) is 5.75 Å². The van der Waals surface area contributed by atoms with Crippen LogP contribution < -0.4 is 10.5 Å². The maximum atomic E-state index is 12.6. The minimum atomic E-state index is -0.492. The van der Waals surface area contributed by atoms with Crippen LogP contribution in [-0.2, 0) is 4.79 Å². The Morgan fingerprint density at radius 2 is 2.00 bits per heavy atom. The number of ether oxygens (including phenoxy) is 1. The van der Waals surface area contributed by atoms with E-state index in [4.69, 9.17) is 15.0 Å². The molecule has 1 saturated heterocycles. The lowest BCUT2D eigenvalue weighted by atomic mass is 9.91. The second-order valence-corrected chi connectivity index (χ2v) is 6.23. The quantitative estimate of drug-likeness (QED) is 0.932. The molecule has 1 aliphatic heterocycles. The predicted molar refractivity (Wildman–Crippen MR) is 90.7 cm³/mol. The van der Waals surface area contributed by atoms with E-state index in [1.54, 1.807) is 6.92 Å². The maximum absolute atomic E-state index is 12.6. The molecule has 6 heteroatoms. The van der Waals surface area contributed by atoms with Gasteiger partial charge in [-0.05, 0) is 38.8 Å². The Kier molecular flexibility index (Phi) is 4.74. The first-order valence-corrected chi connectivity index (χ1v) is 8.28. The van der Waals surface area contributed by atoms with Gasteiger partial charge >= 0.3 is 0 Å². The average Bonchev–Trinajstić information content (AvgIpc) is 2.94. The third-order valence-electron chi connectivity index (χ3n) is 4.59. The van der Waals surface area contributed by atoms with Crippen LogP contribution in [0, 0.1) is 6.92 Å². The van der Waals surface area contributed by atoms with Crippen molar-refractivity contribution in [1.82, 2.24) is 10.1 Å². The minimum Gasteiger partial charge on any atom is -0.481 e. The van der Waals surface area contributed by atoms with Gasteiger partial charge in [-0.1, -0.05) is 23.4 Å². The number of amides is 1. The molecule has 1 atom stereocenters. The fourth-order valence-electron chi connectivity index (χ4n) is 3.13. The van der Waals surface area contributed by atoms with Crippen LogP contribution in [0.25, 0.3) is 0 Å². The van der Waals surface area contributed by atoms with E-state index in [9.17, 15) is 4.79 Å². The number of aromatic nitrogens is 1. The van der Waals surface area contributed by atoms with E-state index in [1.165, 1.54) is 0 Å². The van der Waals surface area contributed by atoms with Crippen LogP contribution in [0.5, 0.6) is 5.75 Å². The minimum absolute atomic E-state index is 0.0219. The highest BCUT2D eigenvalue weighted by molar-refractivity contribution is 5.81. The molecule has 1 amide bonds. The van der Waals surface area contributed by atoms with Crippen molar-refractivity contribution in [2.45, 2.75) is 38.7 Å². The average molecular weight is 329 g/mol.